The number of aromatic nitrogens is 2. The third-order valence-corrected chi connectivity index (χ3v) is 4.16. The van der Waals surface area contributed by atoms with E-state index >= 15 is 0 Å². The van der Waals surface area contributed by atoms with Gasteiger partial charge in [-0.05, 0) is 48.9 Å². The first-order valence-corrected chi connectivity index (χ1v) is 8.40. The minimum Gasteiger partial charge on any atom is -0.322 e. The highest BCUT2D eigenvalue weighted by Crippen LogP contribution is 2.24. The number of hydrogen-bond donors (Lipinski definition) is 1. The summed E-state index contributed by atoms with van der Waals surface area (Å²) in [5, 5.41) is 3.80. The van der Waals surface area contributed by atoms with Crippen LogP contribution in [0, 0.1) is 6.92 Å². The fraction of sp³-hybridized carbons (Fsp3) is 0.0455. The van der Waals surface area contributed by atoms with Gasteiger partial charge in [0.25, 0.3) is 5.91 Å². The van der Waals surface area contributed by atoms with Crippen LogP contribution in [0.4, 0.5) is 5.69 Å². The Labute approximate surface area is 151 Å². The summed E-state index contributed by atoms with van der Waals surface area (Å²) >= 11 is 0. The van der Waals surface area contributed by atoms with Crippen LogP contribution in [0.25, 0.3) is 22.3 Å². The number of nitrogens with zero attached hydrogens (tertiary/aromatic N) is 2. The first-order chi connectivity index (χ1) is 12.7. The van der Waals surface area contributed by atoms with E-state index in [0.717, 1.165) is 27.8 Å². The normalized spacial score (nSPS) is 10.7. The maximum atomic E-state index is 13.0. The molecule has 2 heterocycles. The maximum absolute atomic E-state index is 13.0. The number of pyridine rings is 2. The second-order valence-corrected chi connectivity index (χ2v) is 6.11. The average Bonchev–Trinajstić information content (AvgIpc) is 2.68. The van der Waals surface area contributed by atoms with Crippen molar-refractivity contribution >= 4 is 22.5 Å². The van der Waals surface area contributed by atoms with Crippen molar-refractivity contribution in [2.24, 2.45) is 0 Å². The molecular weight excluding hydrogens is 322 g/mol. The number of fused-ring (bicyclic) bond motifs is 1. The summed E-state index contributed by atoms with van der Waals surface area (Å²) in [5.41, 5.74) is 4.64. The summed E-state index contributed by atoms with van der Waals surface area (Å²) in [5.74, 6) is -0.161. The number of para-hydroxylation sites is 1. The third kappa shape index (κ3) is 3.17. The largest absolute Gasteiger partial charge is 0.322 e. The standard InChI is InChI=1S/C22H17N3O/c1-15-7-6-8-16(13-15)24-22(26)18-14-21(20-11-4-5-12-23-20)25-19-10-3-2-9-17(18)19/h2-14H,1H3,(H,24,26). The summed E-state index contributed by atoms with van der Waals surface area (Å²) in [7, 11) is 0. The fourth-order valence-corrected chi connectivity index (χ4v) is 2.93. The van der Waals surface area contributed by atoms with Crippen LogP contribution < -0.4 is 5.32 Å². The molecule has 2 aromatic heterocycles. The van der Waals surface area contributed by atoms with Crippen LogP contribution in [0.15, 0.2) is 79.0 Å². The van der Waals surface area contributed by atoms with E-state index in [1.807, 2.05) is 73.7 Å². The Balaban J connectivity index is 1.81. The molecule has 126 valence electrons. The SMILES string of the molecule is Cc1cccc(NC(=O)c2cc(-c3ccccn3)nc3ccccc23)c1. The molecule has 0 atom stereocenters. The van der Waals surface area contributed by atoms with Gasteiger partial charge in [0.05, 0.1) is 22.5 Å². The summed E-state index contributed by atoms with van der Waals surface area (Å²) < 4.78 is 0. The molecule has 1 N–H and O–H groups in total. The summed E-state index contributed by atoms with van der Waals surface area (Å²) in [6.45, 7) is 2.00. The quantitative estimate of drug-likeness (QED) is 0.580. The Morgan fingerprint density at radius 3 is 2.54 bits per heavy atom. The highest BCUT2D eigenvalue weighted by Gasteiger charge is 2.14. The molecule has 2 aromatic carbocycles. The Hall–Kier alpha value is -3.53. The molecule has 0 aliphatic carbocycles. The summed E-state index contributed by atoms with van der Waals surface area (Å²) in [6, 6.07) is 22.9. The molecule has 0 aliphatic rings. The molecule has 26 heavy (non-hydrogen) atoms. The molecular formula is C22H17N3O. The zero-order chi connectivity index (χ0) is 17.9. The second kappa shape index (κ2) is 6.76. The highest BCUT2D eigenvalue weighted by atomic mass is 16.1. The lowest BCUT2D eigenvalue weighted by molar-refractivity contribution is 0.102. The zero-order valence-electron chi connectivity index (χ0n) is 14.3. The molecule has 0 spiro atoms. The van der Waals surface area contributed by atoms with E-state index in [2.05, 4.69) is 15.3 Å². The number of hydrogen-bond acceptors (Lipinski definition) is 3. The Bertz CT molecular complexity index is 1090. The van der Waals surface area contributed by atoms with Gasteiger partial charge in [-0.25, -0.2) is 4.98 Å². The molecule has 0 aliphatic heterocycles. The van der Waals surface area contributed by atoms with Crippen molar-refractivity contribution < 1.29 is 4.79 Å². The van der Waals surface area contributed by atoms with Crippen molar-refractivity contribution in [1.82, 2.24) is 9.97 Å². The van der Waals surface area contributed by atoms with Crippen LogP contribution in [0.1, 0.15) is 15.9 Å². The molecule has 4 aromatic rings. The van der Waals surface area contributed by atoms with E-state index in [4.69, 9.17) is 0 Å². The van der Waals surface area contributed by atoms with Gasteiger partial charge in [-0.1, -0.05) is 36.4 Å². The van der Waals surface area contributed by atoms with Gasteiger partial charge >= 0.3 is 0 Å². The minimum absolute atomic E-state index is 0.161. The lowest BCUT2D eigenvalue weighted by atomic mass is 10.1. The van der Waals surface area contributed by atoms with Gasteiger partial charge in [0.2, 0.25) is 0 Å². The molecule has 0 unspecified atom stereocenters. The van der Waals surface area contributed by atoms with Crippen LogP contribution in [-0.2, 0) is 0 Å². The van der Waals surface area contributed by atoms with Gasteiger partial charge in [-0.3, -0.25) is 9.78 Å². The van der Waals surface area contributed by atoms with Crippen LogP contribution in [0.3, 0.4) is 0 Å². The first kappa shape index (κ1) is 16.0. The minimum atomic E-state index is -0.161. The molecule has 0 radical (unpaired) electrons. The molecule has 1 amide bonds. The summed E-state index contributed by atoms with van der Waals surface area (Å²) in [6.07, 6.45) is 1.72. The number of rotatable bonds is 3. The van der Waals surface area contributed by atoms with Crippen molar-refractivity contribution in [2.75, 3.05) is 5.32 Å². The van der Waals surface area contributed by atoms with Crippen LogP contribution in [-0.4, -0.2) is 15.9 Å². The van der Waals surface area contributed by atoms with Crippen molar-refractivity contribution in [3.8, 4) is 11.4 Å². The van der Waals surface area contributed by atoms with E-state index < -0.39 is 0 Å². The molecule has 0 bridgehead atoms. The molecule has 0 saturated heterocycles. The maximum Gasteiger partial charge on any atom is 0.256 e. The van der Waals surface area contributed by atoms with E-state index in [0.29, 0.717) is 11.3 Å². The highest BCUT2D eigenvalue weighted by molar-refractivity contribution is 6.13. The number of carbonyl (C=O) groups is 1. The lowest BCUT2D eigenvalue weighted by Crippen LogP contribution is -2.13. The summed E-state index contributed by atoms with van der Waals surface area (Å²) in [4.78, 5) is 22.0. The first-order valence-electron chi connectivity index (χ1n) is 8.40. The van der Waals surface area contributed by atoms with Crippen LogP contribution in [0.2, 0.25) is 0 Å². The van der Waals surface area contributed by atoms with Gasteiger partial charge in [-0.2, -0.15) is 0 Å². The monoisotopic (exact) mass is 339 g/mol. The zero-order valence-corrected chi connectivity index (χ0v) is 14.3. The van der Waals surface area contributed by atoms with Crippen molar-refractivity contribution in [2.45, 2.75) is 6.92 Å². The topological polar surface area (TPSA) is 54.9 Å². The predicted molar refractivity (Wildman–Crippen MR) is 104 cm³/mol. The van der Waals surface area contributed by atoms with Gasteiger partial charge in [0.1, 0.15) is 0 Å². The average molecular weight is 339 g/mol. The van der Waals surface area contributed by atoms with E-state index in [9.17, 15) is 4.79 Å². The van der Waals surface area contributed by atoms with E-state index in [1.165, 1.54) is 0 Å². The number of nitrogens with one attached hydrogen (secondary N) is 1. The molecule has 4 nitrogen and oxygen atoms in total. The Kier molecular flexibility index (Phi) is 4.15. The molecule has 0 fully saturated rings. The van der Waals surface area contributed by atoms with Gasteiger partial charge in [0, 0.05) is 17.3 Å². The number of benzene rings is 2. The van der Waals surface area contributed by atoms with Gasteiger partial charge in [0.15, 0.2) is 0 Å². The van der Waals surface area contributed by atoms with Gasteiger partial charge in [-0.15, -0.1) is 0 Å². The van der Waals surface area contributed by atoms with E-state index in [1.54, 1.807) is 12.3 Å². The van der Waals surface area contributed by atoms with Gasteiger partial charge < -0.3 is 5.32 Å². The Morgan fingerprint density at radius 1 is 0.885 bits per heavy atom. The van der Waals surface area contributed by atoms with Crippen LogP contribution in [0.5, 0.6) is 0 Å². The second-order valence-electron chi connectivity index (χ2n) is 6.11. The predicted octanol–water partition coefficient (Wildman–Crippen LogP) is 4.86. The fourth-order valence-electron chi connectivity index (χ4n) is 2.93. The van der Waals surface area contributed by atoms with Crippen molar-refractivity contribution in [1.29, 1.82) is 0 Å². The third-order valence-electron chi connectivity index (χ3n) is 4.16. The van der Waals surface area contributed by atoms with Crippen LogP contribution >= 0.6 is 0 Å². The number of carbonyl (C=O) groups excluding carboxylic acids is 1. The Morgan fingerprint density at radius 2 is 1.73 bits per heavy atom. The number of amides is 1. The molecule has 4 rings (SSSR count). The van der Waals surface area contributed by atoms with E-state index in [-0.39, 0.29) is 5.91 Å². The molecule has 0 saturated carbocycles. The lowest BCUT2D eigenvalue weighted by Gasteiger charge is -2.10. The smallest absolute Gasteiger partial charge is 0.256 e. The number of aryl methyl sites for hydroxylation is 1. The molecule has 4 heteroatoms. The number of anilines is 1. The van der Waals surface area contributed by atoms with Crippen molar-refractivity contribution in [3.05, 3.63) is 90.1 Å². The van der Waals surface area contributed by atoms with Crippen molar-refractivity contribution in [3.63, 3.8) is 0 Å².